The summed E-state index contributed by atoms with van der Waals surface area (Å²) in [5, 5.41) is 9.08. The highest BCUT2D eigenvalue weighted by molar-refractivity contribution is 5.87. The molecule has 2 saturated heterocycles. The van der Waals surface area contributed by atoms with Crippen molar-refractivity contribution in [2.75, 3.05) is 26.2 Å². The lowest BCUT2D eigenvalue weighted by molar-refractivity contribution is 0.0697. The van der Waals surface area contributed by atoms with Gasteiger partial charge >= 0.3 is 5.97 Å². The van der Waals surface area contributed by atoms with Crippen molar-refractivity contribution >= 4 is 5.97 Å². The number of likely N-dealkylation sites (tertiary alicyclic amines) is 2. The summed E-state index contributed by atoms with van der Waals surface area (Å²) in [4.78, 5) is 29.1. The van der Waals surface area contributed by atoms with Gasteiger partial charge in [-0.05, 0) is 62.0 Å². The molecule has 158 valence electrons. The molecule has 3 aliphatic rings. The molecule has 2 atom stereocenters. The molecule has 0 unspecified atom stereocenters. The molecule has 0 spiro atoms. The van der Waals surface area contributed by atoms with Crippen LogP contribution in [0.1, 0.15) is 52.4 Å². The van der Waals surface area contributed by atoms with Gasteiger partial charge < -0.3 is 9.67 Å². The molecular weight excluding hydrogens is 378 g/mol. The molecule has 1 aromatic heterocycles. The molecule has 1 aromatic carbocycles. The van der Waals surface area contributed by atoms with Crippen molar-refractivity contribution in [3.05, 3.63) is 69.1 Å². The first-order valence-corrected chi connectivity index (χ1v) is 11.1. The highest BCUT2D eigenvalue weighted by Gasteiger charge is 2.35. The maximum Gasteiger partial charge on any atom is 0.335 e. The molecule has 3 aliphatic heterocycles. The van der Waals surface area contributed by atoms with E-state index in [1.54, 1.807) is 12.1 Å². The molecule has 2 aromatic rings. The minimum atomic E-state index is -0.889. The molecule has 5 rings (SSSR count). The number of piperidine rings is 1. The van der Waals surface area contributed by atoms with E-state index in [-0.39, 0.29) is 5.56 Å². The zero-order chi connectivity index (χ0) is 20.7. The number of benzene rings is 1. The number of hydrogen-bond donors (Lipinski definition) is 1. The van der Waals surface area contributed by atoms with Gasteiger partial charge in [0, 0.05) is 49.9 Å². The minimum Gasteiger partial charge on any atom is -0.478 e. The van der Waals surface area contributed by atoms with E-state index >= 15 is 0 Å². The average Bonchev–Trinajstić information content (AvgIpc) is 3.24. The van der Waals surface area contributed by atoms with Crippen LogP contribution in [0.3, 0.4) is 0 Å². The summed E-state index contributed by atoms with van der Waals surface area (Å²) < 4.78 is 2.06. The summed E-state index contributed by atoms with van der Waals surface area (Å²) >= 11 is 0. The highest BCUT2D eigenvalue weighted by Crippen LogP contribution is 2.35. The van der Waals surface area contributed by atoms with Gasteiger partial charge in [-0.15, -0.1) is 0 Å². The highest BCUT2D eigenvalue weighted by atomic mass is 16.4. The quantitative estimate of drug-likeness (QED) is 0.826. The predicted octanol–water partition coefficient (Wildman–Crippen LogP) is 2.76. The summed E-state index contributed by atoms with van der Waals surface area (Å²) in [6.07, 6.45) is 3.63. The van der Waals surface area contributed by atoms with Gasteiger partial charge in [-0.1, -0.05) is 18.2 Å². The maximum absolute atomic E-state index is 13.2. The molecule has 2 bridgehead atoms. The van der Waals surface area contributed by atoms with Crippen molar-refractivity contribution in [1.29, 1.82) is 0 Å². The van der Waals surface area contributed by atoms with Crippen molar-refractivity contribution in [2.24, 2.45) is 5.92 Å². The van der Waals surface area contributed by atoms with Crippen molar-refractivity contribution in [2.45, 2.75) is 44.8 Å². The summed E-state index contributed by atoms with van der Waals surface area (Å²) in [6, 6.07) is 11.4. The van der Waals surface area contributed by atoms with Crippen LogP contribution in [0, 0.1) is 5.92 Å². The third kappa shape index (κ3) is 3.82. The van der Waals surface area contributed by atoms with E-state index in [1.807, 2.05) is 12.1 Å². The van der Waals surface area contributed by atoms with E-state index in [0.717, 1.165) is 63.4 Å². The minimum absolute atomic E-state index is 0.215. The van der Waals surface area contributed by atoms with E-state index in [2.05, 4.69) is 26.5 Å². The summed E-state index contributed by atoms with van der Waals surface area (Å²) in [6.45, 7) is 6.56. The maximum atomic E-state index is 13.2. The van der Waals surface area contributed by atoms with Crippen LogP contribution in [0.4, 0.5) is 0 Å². The van der Waals surface area contributed by atoms with Gasteiger partial charge in [0.1, 0.15) is 0 Å². The monoisotopic (exact) mass is 407 g/mol. The van der Waals surface area contributed by atoms with E-state index in [1.165, 1.54) is 18.5 Å². The summed E-state index contributed by atoms with van der Waals surface area (Å²) in [5.74, 6) is -0.00110. The number of fused-ring (bicyclic) bond motifs is 4. The first-order chi connectivity index (χ1) is 14.6. The molecule has 0 radical (unpaired) electrons. The molecule has 30 heavy (non-hydrogen) atoms. The number of carbonyl (C=O) groups is 1. The Labute approximate surface area is 176 Å². The second-order valence-corrected chi connectivity index (χ2v) is 9.18. The van der Waals surface area contributed by atoms with Crippen LogP contribution in [0.2, 0.25) is 0 Å². The summed E-state index contributed by atoms with van der Waals surface area (Å²) in [5.41, 5.74) is 3.81. The first-order valence-electron chi connectivity index (χ1n) is 11.1. The fourth-order valence-electron chi connectivity index (χ4n) is 5.53. The van der Waals surface area contributed by atoms with E-state index < -0.39 is 5.97 Å². The lowest BCUT2D eigenvalue weighted by Gasteiger charge is -2.43. The molecule has 2 fully saturated rings. The van der Waals surface area contributed by atoms with Crippen LogP contribution in [0.15, 0.2) is 41.2 Å². The SMILES string of the molecule is O=C(O)c1ccc(CN2C[C@@H]3C[C@H](C2)c2ccc(CN4CCCC4)c(=O)n2C3)cc1. The van der Waals surface area contributed by atoms with E-state index in [4.69, 9.17) is 5.11 Å². The average molecular weight is 408 g/mol. The fraction of sp³-hybridized carbons (Fsp3) is 0.500. The lowest BCUT2D eigenvalue weighted by atomic mass is 9.82. The largest absolute Gasteiger partial charge is 0.478 e. The molecular formula is C24H29N3O3. The molecule has 1 N–H and O–H groups in total. The first kappa shape index (κ1) is 19.5. The normalized spacial score (nSPS) is 24.0. The van der Waals surface area contributed by atoms with Gasteiger partial charge in [-0.25, -0.2) is 4.79 Å². The number of aromatic nitrogens is 1. The Bertz CT molecular complexity index is 992. The number of carboxylic acids is 1. The van der Waals surface area contributed by atoms with Crippen LogP contribution >= 0.6 is 0 Å². The Balaban J connectivity index is 1.31. The topological polar surface area (TPSA) is 65.8 Å². The van der Waals surface area contributed by atoms with Crippen molar-refractivity contribution in [1.82, 2.24) is 14.4 Å². The van der Waals surface area contributed by atoms with Gasteiger partial charge in [0.25, 0.3) is 5.56 Å². The van der Waals surface area contributed by atoms with Gasteiger partial charge in [-0.3, -0.25) is 14.6 Å². The molecule has 0 amide bonds. The van der Waals surface area contributed by atoms with Gasteiger partial charge in [0.05, 0.1) is 5.56 Å². The number of aromatic carboxylic acids is 1. The van der Waals surface area contributed by atoms with Gasteiger partial charge in [0.15, 0.2) is 0 Å². The number of carboxylic acid groups (broad SMARTS) is 1. The second kappa shape index (κ2) is 8.00. The number of nitrogens with zero attached hydrogens (tertiary/aromatic N) is 3. The number of rotatable bonds is 5. The third-order valence-electron chi connectivity index (χ3n) is 6.96. The van der Waals surface area contributed by atoms with E-state index in [9.17, 15) is 9.59 Å². The van der Waals surface area contributed by atoms with Gasteiger partial charge in [-0.2, -0.15) is 0 Å². The molecule has 0 saturated carbocycles. The van der Waals surface area contributed by atoms with Crippen molar-refractivity contribution in [3.8, 4) is 0 Å². The van der Waals surface area contributed by atoms with Crippen LogP contribution in [-0.2, 0) is 19.6 Å². The predicted molar refractivity (Wildman–Crippen MR) is 115 cm³/mol. The van der Waals surface area contributed by atoms with Crippen molar-refractivity contribution in [3.63, 3.8) is 0 Å². The Morgan fingerprint density at radius 1 is 0.933 bits per heavy atom. The summed E-state index contributed by atoms with van der Waals surface area (Å²) in [7, 11) is 0. The lowest BCUT2D eigenvalue weighted by Crippen LogP contribution is -2.47. The standard InChI is InChI=1S/C24H29N3O3/c28-23-20(15-25-9-1-2-10-25)7-8-22-21-11-18(14-27(22)23)13-26(16-21)12-17-3-5-19(6-4-17)24(29)30/h3-8,18,21H,1-2,9-16H2,(H,29,30)/t18-,21+/m0/s1. The van der Waals surface area contributed by atoms with Crippen LogP contribution in [0.25, 0.3) is 0 Å². The van der Waals surface area contributed by atoms with Crippen LogP contribution in [0.5, 0.6) is 0 Å². The zero-order valence-electron chi connectivity index (χ0n) is 17.3. The Hall–Kier alpha value is -2.44. The molecule has 0 aliphatic carbocycles. The van der Waals surface area contributed by atoms with Crippen molar-refractivity contribution < 1.29 is 9.90 Å². The zero-order valence-corrected chi connectivity index (χ0v) is 17.3. The third-order valence-corrected chi connectivity index (χ3v) is 6.96. The smallest absolute Gasteiger partial charge is 0.335 e. The Morgan fingerprint density at radius 3 is 2.43 bits per heavy atom. The van der Waals surface area contributed by atoms with Crippen LogP contribution in [-0.4, -0.2) is 51.6 Å². The molecule has 4 heterocycles. The molecule has 6 heteroatoms. The number of hydrogen-bond acceptors (Lipinski definition) is 4. The molecule has 6 nitrogen and oxygen atoms in total. The second-order valence-electron chi connectivity index (χ2n) is 9.18. The number of pyridine rings is 1. The fourth-order valence-corrected chi connectivity index (χ4v) is 5.53. The van der Waals surface area contributed by atoms with Gasteiger partial charge in [0.2, 0.25) is 0 Å². The Morgan fingerprint density at radius 2 is 1.70 bits per heavy atom. The van der Waals surface area contributed by atoms with E-state index in [0.29, 0.717) is 17.4 Å². The Kier molecular flexibility index (Phi) is 5.21. The van der Waals surface area contributed by atoms with Crippen LogP contribution < -0.4 is 5.56 Å².